The van der Waals surface area contributed by atoms with Crippen molar-refractivity contribution in [2.24, 2.45) is 0 Å². The third-order valence-electron chi connectivity index (χ3n) is 5.62. The zero-order valence-electron chi connectivity index (χ0n) is 21.2. The molecule has 0 heterocycles. The summed E-state index contributed by atoms with van der Waals surface area (Å²) in [4.78, 5) is 0. The van der Waals surface area contributed by atoms with Crippen molar-refractivity contribution in [3.63, 3.8) is 0 Å². The molecule has 1 aromatic rings. The van der Waals surface area contributed by atoms with Gasteiger partial charge in [-0.05, 0) is 56.1 Å². The van der Waals surface area contributed by atoms with E-state index in [0.717, 1.165) is 6.42 Å². The molecule has 0 amide bonds. The summed E-state index contributed by atoms with van der Waals surface area (Å²) in [5, 5.41) is 1.49. The Labute approximate surface area is 180 Å². The Morgan fingerprint density at radius 2 is 0.857 bits per heavy atom. The largest absolute Gasteiger partial charge is 0.0911 e. The molecule has 162 valence electrons. The second kappa shape index (κ2) is 9.06. The second-order valence-electron chi connectivity index (χ2n) is 12.3. The quantitative estimate of drug-likeness (QED) is 0.414. The third-order valence-corrected chi connectivity index (χ3v) is 13.4. The van der Waals surface area contributed by atoms with Crippen molar-refractivity contribution < 1.29 is 0 Å². The van der Waals surface area contributed by atoms with Gasteiger partial charge in [0.1, 0.15) is 0 Å². The monoisotopic (exact) mass is 422 g/mol. The van der Waals surface area contributed by atoms with Gasteiger partial charge in [-0.3, -0.25) is 0 Å². The summed E-state index contributed by atoms with van der Waals surface area (Å²) < 4.78 is 0. The van der Waals surface area contributed by atoms with E-state index >= 15 is 0 Å². The van der Waals surface area contributed by atoms with Crippen molar-refractivity contribution in [3.05, 3.63) is 34.9 Å². The Hall–Kier alpha value is 0.0800. The van der Waals surface area contributed by atoms with E-state index in [1.807, 2.05) is 0 Å². The van der Waals surface area contributed by atoms with Crippen LogP contribution in [0.25, 0.3) is 0 Å². The Bertz CT molecular complexity index is 550. The zero-order valence-corrected chi connectivity index (χ0v) is 23.0. The number of benzene rings is 1. The molecule has 0 unspecified atom stereocenters. The third kappa shape index (κ3) is 7.10. The van der Waals surface area contributed by atoms with Crippen molar-refractivity contribution in [2.45, 2.75) is 129 Å². The minimum absolute atomic E-state index is 0.114. The van der Waals surface area contributed by atoms with Gasteiger partial charge in [0.15, 0.2) is 0 Å². The molecule has 0 aromatic heterocycles. The van der Waals surface area contributed by atoms with Crippen LogP contribution in [0, 0.1) is 0 Å². The minimum Gasteiger partial charge on any atom is -0.0911 e. The standard InChI is InChI=1S/C26H48P2/c1-14-22-20(18-27(23(2,3)4)24(5,6)7)16-15-17-21(22)19-28(25(8,9)10)26(11,12)13/h15-17H,14,18-19H2,1-13H3. The lowest BCUT2D eigenvalue weighted by Crippen LogP contribution is -2.27. The number of hydrogen-bond acceptors (Lipinski definition) is 0. The van der Waals surface area contributed by atoms with Crippen LogP contribution in [0.1, 0.15) is 107 Å². The van der Waals surface area contributed by atoms with Gasteiger partial charge in [0.25, 0.3) is 0 Å². The minimum atomic E-state index is -0.114. The summed E-state index contributed by atoms with van der Waals surface area (Å²) in [6.45, 7) is 31.7. The van der Waals surface area contributed by atoms with E-state index in [0.29, 0.717) is 20.6 Å². The van der Waals surface area contributed by atoms with Crippen LogP contribution >= 0.6 is 15.8 Å². The van der Waals surface area contributed by atoms with Gasteiger partial charge in [0.2, 0.25) is 0 Å². The maximum absolute atomic E-state index is 2.44. The Kier molecular flexibility index (Phi) is 8.45. The molecule has 0 nitrogen and oxygen atoms in total. The highest BCUT2D eigenvalue weighted by atomic mass is 31.1. The Morgan fingerprint density at radius 1 is 0.571 bits per heavy atom. The molecule has 0 bridgehead atoms. The van der Waals surface area contributed by atoms with Gasteiger partial charge >= 0.3 is 0 Å². The van der Waals surface area contributed by atoms with Gasteiger partial charge in [0.05, 0.1) is 0 Å². The zero-order chi connectivity index (χ0) is 22.1. The van der Waals surface area contributed by atoms with Gasteiger partial charge in [-0.1, -0.05) is 124 Å². The van der Waals surface area contributed by atoms with Gasteiger partial charge in [-0.2, -0.15) is 0 Å². The molecular formula is C26H48P2. The van der Waals surface area contributed by atoms with Crippen LogP contribution in [0.2, 0.25) is 0 Å². The van der Waals surface area contributed by atoms with Crippen LogP contribution in [-0.4, -0.2) is 20.6 Å². The molecular weight excluding hydrogens is 374 g/mol. The van der Waals surface area contributed by atoms with Crippen LogP contribution in [0.5, 0.6) is 0 Å². The Morgan fingerprint density at radius 3 is 1.07 bits per heavy atom. The van der Waals surface area contributed by atoms with Crippen molar-refractivity contribution in [2.75, 3.05) is 0 Å². The smallest absolute Gasteiger partial charge is 0.00609 e. The van der Waals surface area contributed by atoms with Crippen LogP contribution in [0.3, 0.4) is 0 Å². The van der Waals surface area contributed by atoms with E-state index < -0.39 is 0 Å². The molecule has 0 saturated carbocycles. The molecule has 0 aliphatic carbocycles. The molecule has 0 spiro atoms. The van der Waals surface area contributed by atoms with Gasteiger partial charge < -0.3 is 0 Å². The van der Waals surface area contributed by atoms with Crippen molar-refractivity contribution >= 4 is 15.8 Å². The molecule has 1 rings (SSSR count). The lowest BCUT2D eigenvalue weighted by Gasteiger charge is -2.43. The number of rotatable bonds is 5. The highest BCUT2D eigenvalue weighted by Crippen LogP contribution is 2.63. The summed E-state index contributed by atoms with van der Waals surface area (Å²) >= 11 is 0. The summed E-state index contributed by atoms with van der Waals surface area (Å²) in [5.74, 6) is 0. The molecule has 28 heavy (non-hydrogen) atoms. The fraction of sp³-hybridized carbons (Fsp3) is 0.769. The summed E-state index contributed by atoms with van der Waals surface area (Å²) in [7, 11) is -0.227. The average Bonchev–Trinajstić information content (AvgIpc) is 2.45. The molecule has 0 radical (unpaired) electrons. The van der Waals surface area contributed by atoms with E-state index in [1.165, 1.54) is 12.3 Å². The molecule has 2 heteroatoms. The second-order valence-corrected chi connectivity index (χ2v) is 20.0. The highest BCUT2D eigenvalue weighted by Gasteiger charge is 2.36. The molecule has 0 aliphatic heterocycles. The maximum atomic E-state index is 2.44. The molecule has 0 aliphatic rings. The lowest BCUT2D eigenvalue weighted by atomic mass is 10.0. The molecule has 0 atom stereocenters. The molecule has 0 saturated heterocycles. The lowest BCUT2D eigenvalue weighted by molar-refractivity contribution is 0.701. The average molecular weight is 423 g/mol. The van der Waals surface area contributed by atoms with E-state index in [2.05, 4.69) is 108 Å². The van der Waals surface area contributed by atoms with Crippen LogP contribution < -0.4 is 0 Å². The van der Waals surface area contributed by atoms with E-state index in [-0.39, 0.29) is 15.8 Å². The van der Waals surface area contributed by atoms with E-state index in [9.17, 15) is 0 Å². The van der Waals surface area contributed by atoms with Crippen LogP contribution in [0.15, 0.2) is 18.2 Å². The van der Waals surface area contributed by atoms with Gasteiger partial charge in [0, 0.05) is 0 Å². The van der Waals surface area contributed by atoms with Gasteiger partial charge in [-0.25, -0.2) is 0 Å². The maximum Gasteiger partial charge on any atom is -0.00609 e. The molecule has 0 fully saturated rings. The summed E-state index contributed by atoms with van der Waals surface area (Å²) in [6, 6.07) is 7.18. The normalized spacial score (nSPS) is 14.2. The number of hydrogen-bond donors (Lipinski definition) is 0. The highest BCUT2D eigenvalue weighted by molar-refractivity contribution is 7.60. The Balaban J connectivity index is 3.37. The predicted octanol–water partition coefficient (Wildman–Crippen LogP) is 9.41. The topological polar surface area (TPSA) is 0 Å². The van der Waals surface area contributed by atoms with Crippen LogP contribution in [-0.2, 0) is 18.7 Å². The molecule has 1 aromatic carbocycles. The summed E-state index contributed by atoms with van der Waals surface area (Å²) in [5.41, 5.74) is 4.88. The first-order valence-electron chi connectivity index (χ1n) is 11.0. The van der Waals surface area contributed by atoms with Crippen molar-refractivity contribution in [1.82, 2.24) is 0 Å². The van der Waals surface area contributed by atoms with Gasteiger partial charge in [-0.15, -0.1) is 0 Å². The van der Waals surface area contributed by atoms with Crippen molar-refractivity contribution in [1.29, 1.82) is 0 Å². The van der Waals surface area contributed by atoms with E-state index in [4.69, 9.17) is 0 Å². The predicted molar refractivity (Wildman–Crippen MR) is 136 cm³/mol. The fourth-order valence-electron chi connectivity index (χ4n) is 4.74. The first-order valence-corrected chi connectivity index (χ1v) is 14.1. The van der Waals surface area contributed by atoms with Crippen molar-refractivity contribution in [3.8, 4) is 0 Å². The SMILES string of the molecule is CCc1c(CP(C(C)(C)C)C(C)(C)C)cccc1CP(C(C)(C)C)C(C)(C)C. The first kappa shape index (κ1) is 26.1. The van der Waals surface area contributed by atoms with E-state index in [1.54, 1.807) is 16.7 Å². The van der Waals surface area contributed by atoms with Crippen LogP contribution in [0.4, 0.5) is 0 Å². The first-order chi connectivity index (χ1) is 12.4. The summed E-state index contributed by atoms with van der Waals surface area (Å²) in [6.07, 6.45) is 3.66. The fourth-order valence-corrected chi connectivity index (χ4v) is 11.9. The molecule has 0 N–H and O–H groups in total.